The van der Waals surface area contributed by atoms with Crippen molar-refractivity contribution in [1.82, 2.24) is 0 Å². The molecule has 0 heterocycles. The van der Waals surface area contributed by atoms with Gasteiger partial charge in [0.15, 0.2) is 0 Å². The monoisotopic (exact) mass is 372 g/mol. The van der Waals surface area contributed by atoms with Crippen molar-refractivity contribution < 1.29 is 19.8 Å². The molecule has 0 amide bonds. The normalized spacial score (nSPS) is 11.3. The van der Waals surface area contributed by atoms with Gasteiger partial charge < -0.3 is 10.2 Å². The van der Waals surface area contributed by atoms with E-state index in [-0.39, 0.29) is 11.1 Å². The third-order valence-electron chi connectivity index (χ3n) is 4.62. The van der Waals surface area contributed by atoms with Crippen LogP contribution in [0.2, 0.25) is 0 Å². The summed E-state index contributed by atoms with van der Waals surface area (Å²) in [7, 11) is 0. The van der Waals surface area contributed by atoms with Crippen LogP contribution in [-0.2, 0) is 6.42 Å². The molecule has 0 spiro atoms. The van der Waals surface area contributed by atoms with Crippen LogP contribution < -0.4 is 0 Å². The Balaban J connectivity index is 0.000000169. The Kier molecular flexibility index (Phi) is 5.70. The van der Waals surface area contributed by atoms with Gasteiger partial charge in [-0.25, -0.2) is 9.59 Å². The zero-order valence-electron chi connectivity index (χ0n) is 15.4. The van der Waals surface area contributed by atoms with Crippen LogP contribution in [0.4, 0.5) is 0 Å². The van der Waals surface area contributed by atoms with Crippen LogP contribution in [0.5, 0.6) is 0 Å². The van der Waals surface area contributed by atoms with Crippen molar-refractivity contribution in [2.75, 3.05) is 0 Å². The molecule has 4 heteroatoms. The summed E-state index contributed by atoms with van der Waals surface area (Å²) in [5.74, 6) is -2.46. The van der Waals surface area contributed by atoms with Gasteiger partial charge in [-0.3, -0.25) is 0 Å². The molecule has 3 aromatic carbocycles. The molecular weight excluding hydrogens is 352 g/mol. The van der Waals surface area contributed by atoms with E-state index in [2.05, 4.69) is 61.5 Å². The minimum atomic E-state index is -1.23. The Morgan fingerprint density at radius 2 is 1.36 bits per heavy atom. The van der Waals surface area contributed by atoms with Crippen LogP contribution in [0, 0.1) is 0 Å². The number of hydrogen-bond acceptors (Lipinski definition) is 2. The minimum absolute atomic E-state index is 0.190. The van der Waals surface area contributed by atoms with Crippen LogP contribution in [0.1, 0.15) is 44.3 Å². The molecule has 0 saturated heterocycles. The van der Waals surface area contributed by atoms with Gasteiger partial charge in [0.25, 0.3) is 0 Å². The number of carboxylic acids is 2. The molecule has 0 bridgehead atoms. The number of hydrogen-bond donors (Lipinski definition) is 2. The van der Waals surface area contributed by atoms with Crippen LogP contribution in [0.3, 0.4) is 0 Å². The van der Waals surface area contributed by atoms with Gasteiger partial charge in [0.2, 0.25) is 0 Å². The molecule has 140 valence electrons. The Morgan fingerprint density at radius 1 is 0.786 bits per heavy atom. The second kappa shape index (κ2) is 8.35. The first-order valence-corrected chi connectivity index (χ1v) is 8.91. The number of aromatic carboxylic acids is 2. The molecule has 0 saturated carbocycles. The summed E-state index contributed by atoms with van der Waals surface area (Å²) >= 11 is 0. The fraction of sp³-hybridized carbons (Fsp3) is 0.0833. The summed E-state index contributed by atoms with van der Waals surface area (Å²) in [6.45, 7) is 2.07. The van der Waals surface area contributed by atoms with Crippen LogP contribution in [0.25, 0.3) is 17.2 Å². The van der Waals surface area contributed by atoms with E-state index in [0.717, 1.165) is 6.42 Å². The van der Waals surface area contributed by atoms with Gasteiger partial charge in [0.1, 0.15) is 0 Å². The molecule has 0 atom stereocenters. The second-order valence-corrected chi connectivity index (χ2v) is 6.36. The van der Waals surface area contributed by atoms with Gasteiger partial charge in [0, 0.05) is 0 Å². The Hall–Kier alpha value is -3.66. The molecule has 0 fully saturated rings. The van der Waals surface area contributed by atoms with Gasteiger partial charge in [-0.05, 0) is 53.3 Å². The van der Waals surface area contributed by atoms with E-state index >= 15 is 0 Å². The summed E-state index contributed by atoms with van der Waals surface area (Å²) in [5.41, 5.74) is 6.72. The van der Waals surface area contributed by atoms with Gasteiger partial charge in [-0.15, -0.1) is 0 Å². The molecule has 1 aliphatic rings. The third kappa shape index (κ3) is 3.86. The maximum Gasteiger partial charge on any atom is 0.336 e. The zero-order chi connectivity index (χ0) is 20.1. The van der Waals surface area contributed by atoms with E-state index in [1.807, 2.05) is 0 Å². The van der Waals surface area contributed by atoms with E-state index < -0.39 is 11.9 Å². The van der Waals surface area contributed by atoms with Crippen molar-refractivity contribution >= 4 is 18.0 Å². The fourth-order valence-corrected chi connectivity index (χ4v) is 3.37. The number of carbonyl (C=O) groups is 2. The summed E-state index contributed by atoms with van der Waals surface area (Å²) in [6, 6.07) is 20.8. The van der Waals surface area contributed by atoms with Crippen molar-refractivity contribution in [2.24, 2.45) is 0 Å². The van der Waals surface area contributed by atoms with Crippen molar-refractivity contribution in [3.8, 4) is 11.1 Å². The first kappa shape index (κ1) is 19.1. The highest BCUT2D eigenvalue weighted by atomic mass is 16.4. The topological polar surface area (TPSA) is 74.6 Å². The van der Waals surface area contributed by atoms with Crippen molar-refractivity contribution in [1.29, 1.82) is 0 Å². The van der Waals surface area contributed by atoms with Crippen molar-refractivity contribution in [2.45, 2.75) is 13.3 Å². The van der Waals surface area contributed by atoms with Crippen molar-refractivity contribution in [3.63, 3.8) is 0 Å². The SMILES string of the molecule is CC=Cc1cccc2c1Cc1ccccc1-2.O=C(O)c1ccccc1C(=O)O. The molecule has 0 aromatic heterocycles. The lowest BCUT2D eigenvalue weighted by atomic mass is 10.0. The number of fused-ring (bicyclic) bond motifs is 3. The Morgan fingerprint density at radius 3 is 1.96 bits per heavy atom. The summed E-state index contributed by atoms with van der Waals surface area (Å²) < 4.78 is 0. The Labute approximate surface area is 163 Å². The summed E-state index contributed by atoms with van der Waals surface area (Å²) in [6.07, 6.45) is 5.38. The van der Waals surface area contributed by atoms with Gasteiger partial charge in [-0.2, -0.15) is 0 Å². The van der Waals surface area contributed by atoms with Crippen LogP contribution >= 0.6 is 0 Å². The van der Waals surface area contributed by atoms with Gasteiger partial charge in [0.05, 0.1) is 11.1 Å². The molecule has 4 nitrogen and oxygen atoms in total. The van der Waals surface area contributed by atoms with E-state index in [9.17, 15) is 9.59 Å². The molecule has 2 N–H and O–H groups in total. The lowest BCUT2D eigenvalue weighted by Crippen LogP contribution is -2.06. The standard InChI is InChI=1S/C16H14.C8H6O4/c1-2-6-12-8-5-10-15-14-9-4-3-7-13(14)11-16(12)15;9-7(10)5-3-1-2-4-6(5)8(11)12/h2-10H,11H2,1H3;1-4H,(H,9,10)(H,11,12). The molecular formula is C24H20O4. The molecule has 0 radical (unpaired) electrons. The molecule has 0 unspecified atom stereocenters. The minimum Gasteiger partial charge on any atom is -0.478 e. The Bertz CT molecular complexity index is 1030. The molecule has 28 heavy (non-hydrogen) atoms. The molecule has 3 aromatic rings. The maximum absolute atomic E-state index is 10.5. The molecule has 4 rings (SSSR count). The largest absolute Gasteiger partial charge is 0.478 e. The summed E-state index contributed by atoms with van der Waals surface area (Å²) in [4.78, 5) is 20.9. The number of allylic oxidation sites excluding steroid dienone is 1. The first-order chi connectivity index (χ1) is 13.5. The number of rotatable bonds is 3. The van der Waals surface area contributed by atoms with E-state index in [0.29, 0.717) is 0 Å². The highest BCUT2D eigenvalue weighted by Crippen LogP contribution is 2.38. The smallest absolute Gasteiger partial charge is 0.336 e. The average molecular weight is 372 g/mol. The highest BCUT2D eigenvalue weighted by molar-refractivity contribution is 6.01. The van der Waals surface area contributed by atoms with Gasteiger partial charge >= 0.3 is 11.9 Å². The predicted octanol–water partition coefficient (Wildman–Crippen LogP) is 5.37. The van der Waals surface area contributed by atoms with E-state index in [1.54, 1.807) is 0 Å². The van der Waals surface area contributed by atoms with Crippen LogP contribution in [0.15, 0.2) is 72.8 Å². The molecule has 1 aliphatic carbocycles. The second-order valence-electron chi connectivity index (χ2n) is 6.36. The van der Waals surface area contributed by atoms with E-state index in [4.69, 9.17) is 10.2 Å². The zero-order valence-corrected chi connectivity index (χ0v) is 15.4. The first-order valence-electron chi connectivity index (χ1n) is 8.91. The fourth-order valence-electron chi connectivity index (χ4n) is 3.37. The lowest BCUT2D eigenvalue weighted by molar-refractivity contribution is 0.0651. The van der Waals surface area contributed by atoms with Gasteiger partial charge in [-0.1, -0.05) is 66.7 Å². The van der Waals surface area contributed by atoms with Crippen molar-refractivity contribution in [3.05, 3.63) is 101 Å². The quantitative estimate of drug-likeness (QED) is 0.507. The predicted molar refractivity (Wildman–Crippen MR) is 110 cm³/mol. The third-order valence-corrected chi connectivity index (χ3v) is 4.62. The maximum atomic E-state index is 10.5. The summed E-state index contributed by atoms with van der Waals surface area (Å²) in [5, 5.41) is 17.1. The highest BCUT2D eigenvalue weighted by Gasteiger charge is 2.19. The van der Waals surface area contributed by atoms with Crippen LogP contribution in [-0.4, -0.2) is 22.2 Å². The average Bonchev–Trinajstić information content (AvgIpc) is 3.08. The lowest BCUT2D eigenvalue weighted by Gasteiger charge is -2.03. The number of benzene rings is 3. The number of carboxylic acid groups (broad SMARTS) is 2. The molecule has 0 aliphatic heterocycles. The van der Waals surface area contributed by atoms with E-state index in [1.165, 1.54) is 52.1 Å².